The Morgan fingerprint density at radius 2 is 2.30 bits per heavy atom. The van der Waals surface area contributed by atoms with Gasteiger partial charge in [0.15, 0.2) is 0 Å². The minimum absolute atomic E-state index is 0.306. The molecule has 106 valence electrons. The number of aliphatic hydroxyl groups excluding tert-OH is 1. The number of benzene rings is 1. The van der Waals surface area contributed by atoms with E-state index in [-0.39, 0.29) is 5.82 Å². The van der Waals surface area contributed by atoms with Gasteiger partial charge in [-0.05, 0) is 54.0 Å². The van der Waals surface area contributed by atoms with E-state index in [0.29, 0.717) is 18.2 Å². The lowest BCUT2D eigenvalue weighted by Crippen LogP contribution is -2.28. The molecule has 1 aromatic carbocycles. The molecule has 1 heterocycles. The third-order valence-corrected chi connectivity index (χ3v) is 4.84. The summed E-state index contributed by atoms with van der Waals surface area (Å²) < 4.78 is 13.1. The summed E-state index contributed by atoms with van der Waals surface area (Å²) in [5.41, 5.74) is 1.99. The number of hydrogen-bond acceptors (Lipinski definition) is 3. The van der Waals surface area contributed by atoms with Crippen molar-refractivity contribution in [2.75, 3.05) is 6.54 Å². The van der Waals surface area contributed by atoms with Crippen molar-refractivity contribution in [2.45, 2.75) is 31.4 Å². The topological polar surface area (TPSA) is 32.3 Å². The van der Waals surface area contributed by atoms with Gasteiger partial charge in [0.2, 0.25) is 0 Å². The van der Waals surface area contributed by atoms with E-state index in [0.717, 1.165) is 12.8 Å². The Morgan fingerprint density at radius 1 is 1.40 bits per heavy atom. The van der Waals surface area contributed by atoms with Crippen LogP contribution >= 0.6 is 11.3 Å². The standard InChI is InChI=1S/C16H18FNOS/c17-12-4-1-3-11(9-12)15(19)10-18-14-5-2-6-16-13(14)7-8-20-16/h1,3-4,7-9,14-15,18-19H,2,5-6,10H2. The fourth-order valence-electron chi connectivity index (χ4n) is 2.78. The Morgan fingerprint density at radius 3 is 3.15 bits per heavy atom. The summed E-state index contributed by atoms with van der Waals surface area (Å²) in [4.78, 5) is 1.45. The summed E-state index contributed by atoms with van der Waals surface area (Å²) in [5, 5.41) is 15.7. The zero-order chi connectivity index (χ0) is 13.9. The Kier molecular flexibility index (Phi) is 4.15. The number of aryl methyl sites for hydroxylation is 1. The maximum atomic E-state index is 13.1. The van der Waals surface area contributed by atoms with Crippen LogP contribution in [0.25, 0.3) is 0 Å². The molecule has 1 aliphatic rings. The summed E-state index contributed by atoms with van der Waals surface area (Å²) in [6, 6.07) is 8.66. The lowest BCUT2D eigenvalue weighted by atomic mass is 9.94. The van der Waals surface area contributed by atoms with Gasteiger partial charge in [0.25, 0.3) is 0 Å². The molecule has 1 aromatic heterocycles. The monoisotopic (exact) mass is 291 g/mol. The van der Waals surface area contributed by atoms with Gasteiger partial charge in [-0.15, -0.1) is 11.3 Å². The van der Waals surface area contributed by atoms with Gasteiger partial charge >= 0.3 is 0 Å². The molecule has 1 aliphatic carbocycles. The van der Waals surface area contributed by atoms with Crippen LogP contribution in [-0.4, -0.2) is 11.7 Å². The SMILES string of the molecule is OC(CNC1CCCc2sccc21)c1cccc(F)c1. The molecule has 2 aromatic rings. The molecule has 3 rings (SSSR count). The van der Waals surface area contributed by atoms with Crippen LogP contribution in [0.5, 0.6) is 0 Å². The zero-order valence-electron chi connectivity index (χ0n) is 11.2. The predicted octanol–water partition coefficient (Wildman–Crippen LogP) is 3.59. The second-order valence-electron chi connectivity index (χ2n) is 5.22. The fraction of sp³-hybridized carbons (Fsp3) is 0.375. The third-order valence-electron chi connectivity index (χ3n) is 3.84. The number of thiophene rings is 1. The smallest absolute Gasteiger partial charge is 0.123 e. The van der Waals surface area contributed by atoms with Gasteiger partial charge in [0, 0.05) is 17.5 Å². The van der Waals surface area contributed by atoms with Crippen LogP contribution in [0.4, 0.5) is 4.39 Å². The molecule has 4 heteroatoms. The van der Waals surface area contributed by atoms with Crippen LogP contribution in [0.2, 0.25) is 0 Å². The molecule has 0 saturated heterocycles. The average molecular weight is 291 g/mol. The average Bonchev–Trinajstić information content (AvgIpc) is 2.93. The van der Waals surface area contributed by atoms with Crippen molar-refractivity contribution >= 4 is 11.3 Å². The second-order valence-corrected chi connectivity index (χ2v) is 6.22. The fourth-order valence-corrected chi connectivity index (χ4v) is 3.77. The van der Waals surface area contributed by atoms with Crippen molar-refractivity contribution < 1.29 is 9.50 Å². The molecule has 0 aliphatic heterocycles. The van der Waals surface area contributed by atoms with Crippen LogP contribution in [-0.2, 0) is 6.42 Å². The quantitative estimate of drug-likeness (QED) is 0.902. The van der Waals surface area contributed by atoms with Crippen LogP contribution in [0.1, 0.15) is 41.0 Å². The van der Waals surface area contributed by atoms with Gasteiger partial charge in [0.05, 0.1) is 6.10 Å². The third kappa shape index (κ3) is 2.92. The predicted molar refractivity (Wildman–Crippen MR) is 79.4 cm³/mol. The van der Waals surface area contributed by atoms with Crippen LogP contribution in [0.3, 0.4) is 0 Å². The number of halogens is 1. The first-order valence-electron chi connectivity index (χ1n) is 6.97. The first kappa shape index (κ1) is 13.7. The maximum Gasteiger partial charge on any atom is 0.123 e. The summed E-state index contributed by atoms with van der Waals surface area (Å²) in [7, 11) is 0. The molecular formula is C16H18FNOS. The first-order chi connectivity index (χ1) is 9.74. The molecule has 0 spiro atoms. The van der Waals surface area contributed by atoms with Crippen LogP contribution < -0.4 is 5.32 Å². The minimum atomic E-state index is -0.672. The summed E-state index contributed by atoms with van der Waals surface area (Å²) in [6.07, 6.45) is 2.77. The van der Waals surface area contributed by atoms with Gasteiger partial charge in [-0.2, -0.15) is 0 Å². The van der Waals surface area contributed by atoms with Crippen molar-refractivity contribution in [1.82, 2.24) is 5.32 Å². The largest absolute Gasteiger partial charge is 0.387 e. The van der Waals surface area contributed by atoms with E-state index < -0.39 is 6.10 Å². The van der Waals surface area contributed by atoms with E-state index in [9.17, 15) is 9.50 Å². The van der Waals surface area contributed by atoms with E-state index in [2.05, 4.69) is 16.8 Å². The Bertz CT molecular complexity index is 583. The summed E-state index contributed by atoms with van der Waals surface area (Å²) in [6.45, 7) is 0.448. The highest BCUT2D eigenvalue weighted by molar-refractivity contribution is 7.10. The molecule has 2 nitrogen and oxygen atoms in total. The highest BCUT2D eigenvalue weighted by Crippen LogP contribution is 2.33. The number of nitrogens with one attached hydrogen (secondary N) is 1. The lowest BCUT2D eigenvalue weighted by molar-refractivity contribution is 0.168. The first-order valence-corrected chi connectivity index (χ1v) is 7.85. The van der Waals surface area contributed by atoms with Crippen molar-refractivity contribution in [3.8, 4) is 0 Å². The van der Waals surface area contributed by atoms with Crippen molar-refractivity contribution in [2.24, 2.45) is 0 Å². The van der Waals surface area contributed by atoms with E-state index in [1.807, 2.05) is 11.3 Å². The normalized spacial score (nSPS) is 19.6. The molecule has 0 saturated carbocycles. The molecular weight excluding hydrogens is 273 g/mol. The van der Waals surface area contributed by atoms with Crippen molar-refractivity contribution in [3.05, 3.63) is 57.5 Å². The second kappa shape index (κ2) is 6.04. The summed E-state index contributed by atoms with van der Waals surface area (Å²) in [5.74, 6) is -0.306. The molecule has 0 fully saturated rings. The Labute approximate surface area is 122 Å². The molecule has 0 bridgehead atoms. The van der Waals surface area contributed by atoms with Crippen molar-refractivity contribution in [1.29, 1.82) is 0 Å². The molecule has 2 atom stereocenters. The van der Waals surface area contributed by atoms with Crippen molar-refractivity contribution in [3.63, 3.8) is 0 Å². The number of aliphatic hydroxyl groups is 1. The number of fused-ring (bicyclic) bond motifs is 1. The van der Waals surface area contributed by atoms with E-state index >= 15 is 0 Å². The highest BCUT2D eigenvalue weighted by atomic mass is 32.1. The highest BCUT2D eigenvalue weighted by Gasteiger charge is 2.21. The van der Waals surface area contributed by atoms with Gasteiger partial charge in [-0.3, -0.25) is 0 Å². The van der Waals surface area contributed by atoms with E-state index in [1.54, 1.807) is 12.1 Å². The van der Waals surface area contributed by atoms with Crippen LogP contribution in [0.15, 0.2) is 35.7 Å². The lowest BCUT2D eigenvalue weighted by Gasteiger charge is -2.25. The van der Waals surface area contributed by atoms with Gasteiger partial charge in [0.1, 0.15) is 5.82 Å². The maximum absolute atomic E-state index is 13.1. The Hall–Kier alpha value is -1.23. The van der Waals surface area contributed by atoms with E-state index in [1.165, 1.54) is 29.0 Å². The van der Waals surface area contributed by atoms with Crippen LogP contribution in [0, 0.1) is 5.82 Å². The zero-order valence-corrected chi connectivity index (χ0v) is 12.0. The van der Waals surface area contributed by atoms with E-state index in [4.69, 9.17) is 0 Å². The van der Waals surface area contributed by atoms with Gasteiger partial charge < -0.3 is 10.4 Å². The van der Waals surface area contributed by atoms with Gasteiger partial charge in [-0.25, -0.2) is 4.39 Å². The molecule has 0 amide bonds. The molecule has 20 heavy (non-hydrogen) atoms. The Balaban J connectivity index is 1.63. The minimum Gasteiger partial charge on any atom is -0.387 e. The summed E-state index contributed by atoms with van der Waals surface area (Å²) >= 11 is 1.81. The molecule has 2 unspecified atom stereocenters. The number of hydrogen-bond donors (Lipinski definition) is 2. The number of rotatable bonds is 4. The molecule has 2 N–H and O–H groups in total. The van der Waals surface area contributed by atoms with Gasteiger partial charge in [-0.1, -0.05) is 12.1 Å². The molecule has 0 radical (unpaired) electrons.